The predicted molar refractivity (Wildman–Crippen MR) is 296 cm³/mol. The van der Waals surface area contributed by atoms with Crippen LogP contribution in [-0.2, 0) is 5.41 Å². The van der Waals surface area contributed by atoms with Gasteiger partial charge in [0, 0.05) is 16.9 Å². The Morgan fingerprint density at radius 1 is 0.229 bits per heavy atom. The van der Waals surface area contributed by atoms with Crippen molar-refractivity contribution in [3.63, 3.8) is 0 Å². The van der Waals surface area contributed by atoms with Crippen molar-refractivity contribution < 1.29 is 0 Å². The first-order chi connectivity index (χ1) is 34.7. The van der Waals surface area contributed by atoms with E-state index in [4.69, 9.17) is 0 Å². The van der Waals surface area contributed by atoms with Crippen LogP contribution in [0.2, 0.25) is 0 Å². The van der Waals surface area contributed by atoms with Crippen LogP contribution in [0.5, 0.6) is 0 Å². The minimum atomic E-state index is -0.521. The number of hydrogen-bond acceptors (Lipinski definition) is 1. The van der Waals surface area contributed by atoms with Gasteiger partial charge in [-0.2, -0.15) is 0 Å². The molecule has 15 rings (SSSR count). The molecular formula is C69H43N. The zero-order valence-electron chi connectivity index (χ0n) is 38.3. The second-order valence-corrected chi connectivity index (χ2v) is 19.1. The van der Waals surface area contributed by atoms with Crippen LogP contribution in [0.15, 0.2) is 261 Å². The summed E-state index contributed by atoms with van der Waals surface area (Å²) in [5.41, 5.74) is 18.0. The second-order valence-electron chi connectivity index (χ2n) is 19.1. The molecule has 0 atom stereocenters. The third kappa shape index (κ3) is 5.49. The van der Waals surface area contributed by atoms with Crippen molar-refractivity contribution >= 4 is 70.9 Å². The molecule has 0 radical (unpaired) electrons. The first kappa shape index (κ1) is 39.0. The van der Waals surface area contributed by atoms with Crippen molar-refractivity contribution in [2.75, 3.05) is 4.90 Å². The zero-order chi connectivity index (χ0) is 45.9. The van der Waals surface area contributed by atoms with E-state index < -0.39 is 5.41 Å². The lowest BCUT2D eigenvalue weighted by Crippen LogP contribution is -2.26. The summed E-state index contributed by atoms with van der Waals surface area (Å²) in [6.45, 7) is 0. The van der Waals surface area contributed by atoms with Gasteiger partial charge in [0.2, 0.25) is 0 Å². The van der Waals surface area contributed by atoms with E-state index >= 15 is 0 Å². The Labute approximate surface area is 406 Å². The van der Waals surface area contributed by atoms with E-state index in [1.54, 1.807) is 0 Å². The number of hydrogen-bond donors (Lipinski definition) is 0. The lowest BCUT2D eigenvalue weighted by molar-refractivity contribution is 0.794. The Morgan fingerprint density at radius 2 is 0.657 bits per heavy atom. The third-order valence-electron chi connectivity index (χ3n) is 15.6. The van der Waals surface area contributed by atoms with E-state index in [9.17, 15) is 0 Å². The van der Waals surface area contributed by atoms with Crippen molar-refractivity contribution in [2.45, 2.75) is 5.41 Å². The first-order valence-corrected chi connectivity index (χ1v) is 24.4. The highest BCUT2D eigenvalue weighted by Crippen LogP contribution is 2.64. The van der Waals surface area contributed by atoms with Crippen molar-refractivity contribution in [3.05, 3.63) is 283 Å². The van der Waals surface area contributed by atoms with Crippen LogP contribution in [0.4, 0.5) is 17.1 Å². The largest absolute Gasteiger partial charge is 0.310 e. The summed E-state index contributed by atoms with van der Waals surface area (Å²) in [5, 5.41) is 12.5. The van der Waals surface area contributed by atoms with Gasteiger partial charge in [-0.3, -0.25) is 0 Å². The number of rotatable bonds is 5. The van der Waals surface area contributed by atoms with Gasteiger partial charge in [-0.25, -0.2) is 0 Å². The van der Waals surface area contributed by atoms with Crippen molar-refractivity contribution in [1.29, 1.82) is 0 Å². The van der Waals surface area contributed by atoms with E-state index in [2.05, 4.69) is 266 Å². The van der Waals surface area contributed by atoms with E-state index in [1.165, 1.54) is 115 Å². The molecule has 1 heteroatoms. The Kier molecular flexibility index (Phi) is 8.35. The van der Waals surface area contributed by atoms with Crippen LogP contribution < -0.4 is 4.90 Å². The second kappa shape index (κ2) is 15.0. The highest BCUT2D eigenvalue weighted by Gasteiger charge is 2.52. The predicted octanol–water partition coefficient (Wildman–Crippen LogP) is 18.6. The fourth-order valence-corrected chi connectivity index (χ4v) is 12.6. The van der Waals surface area contributed by atoms with Gasteiger partial charge >= 0.3 is 0 Å². The molecule has 2 aliphatic carbocycles. The molecule has 2 aliphatic rings. The number of fused-ring (bicyclic) bond motifs is 19. The average molecular weight is 886 g/mol. The molecule has 0 N–H and O–H groups in total. The molecule has 0 saturated carbocycles. The van der Waals surface area contributed by atoms with Crippen LogP contribution in [0.25, 0.3) is 98.4 Å². The fraction of sp³-hybridized carbons (Fsp3) is 0.0145. The van der Waals surface area contributed by atoms with Gasteiger partial charge in [-0.1, -0.05) is 224 Å². The summed E-state index contributed by atoms with van der Waals surface area (Å²) < 4.78 is 0. The van der Waals surface area contributed by atoms with Crippen LogP contribution in [0.3, 0.4) is 0 Å². The molecule has 13 aromatic carbocycles. The quantitative estimate of drug-likeness (QED) is 0.156. The van der Waals surface area contributed by atoms with Crippen molar-refractivity contribution in [2.24, 2.45) is 0 Å². The van der Waals surface area contributed by atoms with Crippen LogP contribution in [0, 0.1) is 0 Å². The molecule has 0 heterocycles. The van der Waals surface area contributed by atoms with Crippen molar-refractivity contribution in [1.82, 2.24) is 0 Å². The maximum Gasteiger partial charge on any atom is 0.0726 e. The smallest absolute Gasteiger partial charge is 0.0726 e. The van der Waals surface area contributed by atoms with Crippen molar-refractivity contribution in [3.8, 4) is 44.5 Å². The molecule has 0 saturated heterocycles. The molecule has 13 aromatic rings. The standard InChI is InChI=1S/C69H43N/c1-2-16-44(17-3-1)45-30-32-48(33-31-45)61-42-63-59-26-12-15-29-66(59)69(64-27-13-10-24-57(64)58-25-11-14-28-65(58)69)67(63)43-68(61)70(49-37-36-47-35-34-46-18-4-5-19-51(46)60(47)40-49)50-38-39-56-54-22-7-6-20-52(54)53-21-8-9-23-55(53)62(56)41-50/h1-43H. The minimum Gasteiger partial charge on any atom is -0.310 e. The van der Waals surface area contributed by atoms with E-state index in [0.717, 1.165) is 22.6 Å². The van der Waals surface area contributed by atoms with Gasteiger partial charge in [-0.15, -0.1) is 0 Å². The minimum absolute atomic E-state index is 0.521. The highest BCUT2D eigenvalue weighted by atomic mass is 15.1. The maximum absolute atomic E-state index is 2.57. The molecule has 0 aromatic heterocycles. The molecule has 0 aliphatic heterocycles. The topological polar surface area (TPSA) is 3.24 Å². The number of nitrogens with zero attached hydrogens (tertiary/aromatic N) is 1. The first-order valence-electron chi connectivity index (χ1n) is 24.4. The third-order valence-corrected chi connectivity index (χ3v) is 15.6. The molecule has 70 heavy (non-hydrogen) atoms. The van der Waals surface area contributed by atoms with E-state index in [1.807, 2.05) is 0 Å². The normalized spacial score (nSPS) is 13.0. The monoisotopic (exact) mass is 885 g/mol. The van der Waals surface area contributed by atoms with Crippen LogP contribution >= 0.6 is 0 Å². The lowest BCUT2D eigenvalue weighted by atomic mass is 9.70. The van der Waals surface area contributed by atoms with Gasteiger partial charge in [0.25, 0.3) is 0 Å². The fourth-order valence-electron chi connectivity index (χ4n) is 12.6. The van der Waals surface area contributed by atoms with Gasteiger partial charge in [0.05, 0.1) is 11.1 Å². The maximum atomic E-state index is 2.57. The van der Waals surface area contributed by atoms with Gasteiger partial charge in [-0.05, 0) is 151 Å². The Bertz CT molecular complexity index is 4210. The Hall–Kier alpha value is -9.04. The average Bonchev–Trinajstić information content (AvgIpc) is 3.91. The number of anilines is 3. The lowest BCUT2D eigenvalue weighted by Gasteiger charge is -2.33. The molecular weight excluding hydrogens is 843 g/mol. The molecule has 324 valence electrons. The summed E-state index contributed by atoms with van der Waals surface area (Å²) in [5.74, 6) is 0. The summed E-state index contributed by atoms with van der Waals surface area (Å²) in [6.07, 6.45) is 0. The summed E-state index contributed by atoms with van der Waals surface area (Å²) in [7, 11) is 0. The molecule has 1 spiro atoms. The van der Waals surface area contributed by atoms with Gasteiger partial charge in [0.1, 0.15) is 0 Å². The summed E-state index contributed by atoms with van der Waals surface area (Å²) in [4.78, 5) is 2.56. The van der Waals surface area contributed by atoms with E-state index in [-0.39, 0.29) is 0 Å². The van der Waals surface area contributed by atoms with Gasteiger partial charge < -0.3 is 4.90 Å². The Morgan fingerprint density at radius 3 is 1.29 bits per heavy atom. The molecule has 0 fully saturated rings. The molecule has 1 nitrogen and oxygen atoms in total. The van der Waals surface area contributed by atoms with Crippen LogP contribution in [0.1, 0.15) is 22.3 Å². The Balaban J connectivity index is 1.08. The zero-order valence-corrected chi connectivity index (χ0v) is 38.3. The molecule has 0 amide bonds. The highest BCUT2D eigenvalue weighted by molar-refractivity contribution is 6.26. The summed E-state index contributed by atoms with van der Waals surface area (Å²) in [6, 6.07) is 97.9. The number of benzene rings is 13. The summed E-state index contributed by atoms with van der Waals surface area (Å²) >= 11 is 0. The van der Waals surface area contributed by atoms with E-state index in [0.29, 0.717) is 0 Å². The molecule has 0 unspecified atom stereocenters. The molecule has 0 bridgehead atoms. The van der Waals surface area contributed by atoms with Gasteiger partial charge in [0.15, 0.2) is 0 Å². The van der Waals surface area contributed by atoms with Crippen LogP contribution in [-0.4, -0.2) is 0 Å². The SMILES string of the molecule is c1ccc(-c2ccc(-c3cc4c(cc3N(c3ccc5ccc6ccccc6c5c3)c3ccc5c6ccccc6c6ccccc6c5c3)C3(c5ccccc5-c5ccccc53)c3ccccc3-4)cc2)cc1.